The van der Waals surface area contributed by atoms with Gasteiger partial charge in [-0.1, -0.05) is 176 Å². The lowest BCUT2D eigenvalue weighted by molar-refractivity contribution is 0.673. The van der Waals surface area contributed by atoms with E-state index < -0.39 is 0 Å². The van der Waals surface area contributed by atoms with Crippen molar-refractivity contribution in [3.63, 3.8) is 0 Å². The van der Waals surface area contributed by atoms with Crippen molar-refractivity contribution in [1.29, 1.82) is 0 Å². The Morgan fingerprint density at radius 1 is 0.298 bits per heavy atom. The minimum absolute atomic E-state index is 0.610. The number of furan rings is 1. The molecule has 11 aromatic rings. The number of aromatic nitrogens is 3. The third-order valence-electron chi connectivity index (χ3n) is 10.9. The molecule has 11 rings (SSSR count). The molecule has 4 nitrogen and oxygen atoms in total. The van der Waals surface area contributed by atoms with E-state index >= 15 is 0 Å². The number of nitrogens with zero attached hydrogens (tertiary/aromatic N) is 3. The number of fused-ring (bicyclic) bond motifs is 6. The summed E-state index contributed by atoms with van der Waals surface area (Å²) < 4.78 is 6.69. The molecule has 4 heteroatoms. The van der Waals surface area contributed by atoms with Crippen molar-refractivity contribution >= 4 is 43.5 Å². The van der Waals surface area contributed by atoms with Gasteiger partial charge in [0.1, 0.15) is 11.2 Å². The number of benzene rings is 9. The molecule has 0 bridgehead atoms. The highest BCUT2D eigenvalue weighted by Crippen LogP contribution is 2.43. The molecule has 2 heterocycles. The Morgan fingerprint density at radius 2 is 0.842 bits per heavy atom. The van der Waals surface area contributed by atoms with Crippen molar-refractivity contribution in [2.75, 3.05) is 0 Å². The van der Waals surface area contributed by atoms with Crippen molar-refractivity contribution in [2.24, 2.45) is 0 Å². The summed E-state index contributed by atoms with van der Waals surface area (Å²) in [6.07, 6.45) is 0. The second-order valence-electron chi connectivity index (χ2n) is 14.4. The van der Waals surface area contributed by atoms with Crippen LogP contribution in [0.5, 0.6) is 0 Å². The molecule has 0 aliphatic carbocycles. The zero-order valence-electron chi connectivity index (χ0n) is 30.8. The van der Waals surface area contributed by atoms with Crippen LogP contribution >= 0.6 is 0 Å². The number of hydrogen-bond donors (Lipinski definition) is 0. The van der Waals surface area contributed by atoms with Crippen LogP contribution in [-0.2, 0) is 0 Å². The van der Waals surface area contributed by atoms with Gasteiger partial charge in [0.15, 0.2) is 17.5 Å². The van der Waals surface area contributed by atoms with Crippen LogP contribution < -0.4 is 0 Å². The lowest BCUT2D eigenvalue weighted by atomic mass is 9.93. The number of rotatable bonds is 6. The molecule has 266 valence electrons. The van der Waals surface area contributed by atoms with Gasteiger partial charge >= 0.3 is 0 Å². The lowest BCUT2D eigenvalue weighted by Gasteiger charge is -2.12. The van der Waals surface area contributed by atoms with Gasteiger partial charge < -0.3 is 4.42 Å². The van der Waals surface area contributed by atoms with Gasteiger partial charge in [0.2, 0.25) is 0 Å². The van der Waals surface area contributed by atoms with Gasteiger partial charge in [-0.25, -0.2) is 15.0 Å². The summed E-state index contributed by atoms with van der Waals surface area (Å²) >= 11 is 0. The maximum Gasteiger partial charge on any atom is 0.164 e. The molecule has 2 aromatic heterocycles. The second kappa shape index (κ2) is 13.6. The van der Waals surface area contributed by atoms with Gasteiger partial charge in [0.25, 0.3) is 0 Å². The fourth-order valence-corrected chi connectivity index (χ4v) is 8.10. The van der Waals surface area contributed by atoms with E-state index in [-0.39, 0.29) is 0 Å². The maximum absolute atomic E-state index is 6.69. The molecule has 0 N–H and O–H groups in total. The number of hydrogen-bond acceptors (Lipinski definition) is 4. The zero-order valence-corrected chi connectivity index (χ0v) is 30.8. The highest BCUT2D eigenvalue weighted by molar-refractivity contribution is 6.21. The van der Waals surface area contributed by atoms with Gasteiger partial charge in [-0.3, -0.25) is 0 Å². The Balaban J connectivity index is 1.06. The quantitative estimate of drug-likeness (QED) is 0.171. The minimum atomic E-state index is 0.610. The van der Waals surface area contributed by atoms with E-state index in [1.807, 2.05) is 36.4 Å². The average molecular weight is 728 g/mol. The maximum atomic E-state index is 6.69. The second-order valence-corrected chi connectivity index (χ2v) is 14.4. The third kappa shape index (κ3) is 5.83. The molecule has 0 saturated carbocycles. The first kappa shape index (κ1) is 32.7. The van der Waals surface area contributed by atoms with E-state index in [0.717, 1.165) is 71.7 Å². The predicted octanol–water partition coefficient (Wildman–Crippen LogP) is 14.1. The molecule has 0 aliphatic rings. The van der Waals surface area contributed by atoms with Crippen LogP contribution in [-0.4, -0.2) is 15.0 Å². The molecule has 0 amide bonds. The summed E-state index contributed by atoms with van der Waals surface area (Å²) in [4.78, 5) is 15.3. The van der Waals surface area contributed by atoms with Crippen LogP contribution in [0.25, 0.3) is 111 Å². The van der Waals surface area contributed by atoms with Crippen molar-refractivity contribution in [3.8, 4) is 67.5 Å². The van der Waals surface area contributed by atoms with Crippen LogP contribution in [0.2, 0.25) is 0 Å². The van der Waals surface area contributed by atoms with Crippen LogP contribution in [0, 0.1) is 0 Å². The predicted molar refractivity (Wildman–Crippen MR) is 235 cm³/mol. The summed E-state index contributed by atoms with van der Waals surface area (Å²) in [6.45, 7) is 0. The summed E-state index contributed by atoms with van der Waals surface area (Å²) in [5.74, 6) is 1.86. The smallest absolute Gasteiger partial charge is 0.164 e. The van der Waals surface area contributed by atoms with E-state index in [0.29, 0.717) is 17.5 Å². The van der Waals surface area contributed by atoms with Crippen molar-refractivity contribution in [3.05, 3.63) is 200 Å². The van der Waals surface area contributed by atoms with Crippen LogP contribution in [0.4, 0.5) is 0 Å². The lowest BCUT2D eigenvalue weighted by Crippen LogP contribution is -2.00. The van der Waals surface area contributed by atoms with Gasteiger partial charge in [0, 0.05) is 32.8 Å². The van der Waals surface area contributed by atoms with Crippen molar-refractivity contribution in [1.82, 2.24) is 15.0 Å². The Bertz CT molecular complexity index is 3270. The zero-order chi connectivity index (χ0) is 37.7. The Morgan fingerprint density at radius 3 is 1.61 bits per heavy atom. The van der Waals surface area contributed by atoms with Crippen LogP contribution in [0.15, 0.2) is 205 Å². The highest BCUT2D eigenvalue weighted by atomic mass is 16.3. The molecule has 9 aromatic carbocycles. The molecule has 0 aliphatic heterocycles. The summed E-state index contributed by atoms with van der Waals surface area (Å²) in [5, 5.41) is 6.83. The van der Waals surface area contributed by atoms with E-state index in [1.165, 1.54) is 21.9 Å². The Labute approximate surface area is 329 Å². The SMILES string of the molecule is c1ccc(-c2ccc3oc4c5ccccc5cc(-c5cccc(-c6nc(-c7ccccc7)nc(-c7ccc(-c8cccc9ccccc89)cc7)n6)c5)c4c3c2)cc1. The Kier molecular flexibility index (Phi) is 7.78. The molecular formula is C53H33N3O. The highest BCUT2D eigenvalue weighted by Gasteiger charge is 2.19. The molecule has 0 radical (unpaired) electrons. The fourth-order valence-electron chi connectivity index (χ4n) is 8.10. The summed E-state index contributed by atoms with van der Waals surface area (Å²) in [5.41, 5.74) is 11.3. The van der Waals surface area contributed by atoms with E-state index in [1.54, 1.807) is 0 Å². The van der Waals surface area contributed by atoms with Gasteiger partial charge in [0.05, 0.1) is 0 Å². The largest absolute Gasteiger partial charge is 0.455 e. The fraction of sp³-hybridized carbons (Fsp3) is 0. The molecule has 0 unspecified atom stereocenters. The van der Waals surface area contributed by atoms with Gasteiger partial charge in [-0.2, -0.15) is 0 Å². The van der Waals surface area contributed by atoms with E-state index in [9.17, 15) is 0 Å². The first-order chi connectivity index (χ1) is 28.2. The van der Waals surface area contributed by atoms with E-state index in [4.69, 9.17) is 19.4 Å². The molecule has 0 saturated heterocycles. The molecule has 0 atom stereocenters. The van der Waals surface area contributed by atoms with Crippen LogP contribution in [0.3, 0.4) is 0 Å². The first-order valence-electron chi connectivity index (χ1n) is 19.2. The molecule has 57 heavy (non-hydrogen) atoms. The Hall–Kier alpha value is -7.69. The summed E-state index contributed by atoms with van der Waals surface area (Å²) in [6, 6.07) is 69.9. The van der Waals surface area contributed by atoms with Crippen LogP contribution in [0.1, 0.15) is 0 Å². The standard InChI is InChI=1S/C53H33N3O/c1-3-13-34(14-4-1)39-29-30-48-47(32-39)49-46(33-41-18-8-10-23-45(41)50(49)57-48)40-20-11-21-42(31-40)53-55-51(37-16-5-2-6-17-37)54-52(56-53)38-27-25-36(26-28-38)44-24-12-19-35-15-7-9-22-43(35)44/h1-33H. The first-order valence-corrected chi connectivity index (χ1v) is 19.2. The van der Waals surface area contributed by atoms with Crippen molar-refractivity contribution < 1.29 is 4.42 Å². The topological polar surface area (TPSA) is 51.8 Å². The molecule has 0 fully saturated rings. The molecule has 0 spiro atoms. The normalized spacial score (nSPS) is 11.5. The monoisotopic (exact) mass is 727 g/mol. The van der Waals surface area contributed by atoms with E-state index in [2.05, 4.69) is 164 Å². The third-order valence-corrected chi connectivity index (χ3v) is 10.9. The van der Waals surface area contributed by atoms with Gasteiger partial charge in [-0.05, 0) is 73.8 Å². The average Bonchev–Trinajstić information content (AvgIpc) is 3.68. The molecular weight excluding hydrogens is 695 g/mol. The van der Waals surface area contributed by atoms with Gasteiger partial charge in [-0.15, -0.1) is 0 Å². The summed E-state index contributed by atoms with van der Waals surface area (Å²) in [7, 11) is 0. The minimum Gasteiger partial charge on any atom is -0.455 e. The van der Waals surface area contributed by atoms with Crippen molar-refractivity contribution in [2.45, 2.75) is 0 Å².